The minimum atomic E-state index is -0.493. The summed E-state index contributed by atoms with van der Waals surface area (Å²) in [5.41, 5.74) is 2.70. The molecule has 0 aliphatic carbocycles. The van der Waals surface area contributed by atoms with Crippen LogP contribution in [0.25, 0.3) is 0 Å². The molecule has 7 nitrogen and oxygen atoms in total. The first-order valence-electron chi connectivity index (χ1n) is 11.9. The van der Waals surface area contributed by atoms with Gasteiger partial charge in [-0.05, 0) is 49.2 Å². The lowest BCUT2D eigenvalue weighted by atomic mass is 10.1. The van der Waals surface area contributed by atoms with Crippen molar-refractivity contribution >= 4 is 23.4 Å². The number of hydrogen-bond acceptors (Lipinski definition) is 5. The van der Waals surface area contributed by atoms with Crippen molar-refractivity contribution in [1.82, 2.24) is 20.0 Å². The van der Waals surface area contributed by atoms with Crippen molar-refractivity contribution in [3.8, 4) is 5.75 Å². The summed E-state index contributed by atoms with van der Waals surface area (Å²) in [6.07, 6.45) is 1.43. The van der Waals surface area contributed by atoms with E-state index in [0.717, 1.165) is 44.7 Å². The number of halogens is 1. The first-order valence-corrected chi connectivity index (χ1v) is 12.2. The molecule has 2 heterocycles. The molecule has 2 amide bonds. The van der Waals surface area contributed by atoms with Gasteiger partial charge in [-0.2, -0.15) is 0 Å². The third-order valence-corrected chi connectivity index (χ3v) is 6.94. The predicted octanol–water partition coefficient (Wildman–Crippen LogP) is 3.02. The van der Waals surface area contributed by atoms with E-state index < -0.39 is 6.04 Å². The molecule has 0 radical (unpaired) electrons. The minimum absolute atomic E-state index is 0.131. The molecule has 4 rings (SSSR count). The second kappa shape index (κ2) is 11.2. The van der Waals surface area contributed by atoms with E-state index in [0.29, 0.717) is 35.8 Å². The number of piperazine rings is 1. The summed E-state index contributed by atoms with van der Waals surface area (Å²) in [4.78, 5) is 32.6. The van der Waals surface area contributed by atoms with Gasteiger partial charge in [-0.1, -0.05) is 35.9 Å². The molecular weight excluding hydrogens is 452 g/mol. The SMILES string of the molecule is COc1ccc(Cl)cc1C(=O)N1CCCC1C(=O)NCc1ccc(CN2CCN(C)CC2)cc1. The molecule has 2 fully saturated rings. The van der Waals surface area contributed by atoms with E-state index in [4.69, 9.17) is 16.3 Å². The number of hydrogen-bond donors (Lipinski definition) is 1. The van der Waals surface area contributed by atoms with E-state index in [2.05, 4.69) is 46.4 Å². The number of methoxy groups -OCH3 is 1. The monoisotopic (exact) mass is 484 g/mol. The number of amides is 2. The molecule has 2 aliphatic rings. The fourth-order valence-electron chi connectivity index (χ4n) is 4.62. The first kappa shape index (κ1) is 24.5. The zero-order valence-electron chi connectivity index (χ0n) is 19.9. The van der Waals surface area contributed by atoms with Gasteiger partial charge in [-0.3, -0.25) is 14.5 Å². The molecule has 0 bridgehead atoms. The van der Waals surface area contributed by atoms with E-state index in [1.54, 1.807) is 23.1 Å². The summed E-state index contributed by atoms with van der Waals surface area (Å²) in [5.74, 6) is 0.0933. The Bertz CT molecular complexity index is 1010. The molecule has 2 aliphatic heterocycles. The van der Waals surface area contributed by atoms with Gasteiger partial charge < -0.3 is 19.9 Å². The number of likely N-dealkylation sites (N-methyl/N-ethyl adjacent to an activating group) is 1. The molecule has 0 saturated carbocycles. The minimum Gasteiger partial charge on any atom is -0.496 e. The van der Waals surface area contributed by atoms with Crippen LogP contribution < -0.4 is 10.1 Å². The Morgan fingerprint density at radius 1 is 1.03 bits per heavy atom. The highest BCUT2D eigenvalue weighted by atomic mass is 35.5. The Morgan fingerprint density at radius 3 is 2.44 bits per heavy atom. The van der Waals surface area contributed by atoms with Crippen LogP contribution in [0.1, 0.15) is 34.3 Å². The summed E-state index contributed by atoms with van der Waals surface area (Å²) < 4.78 is 5.33. The van der Waals surface area contributed by atoms with Gasteiger partial charge in [0.1, 0.15) is 11.8 Å². The van der Waals surface area contributed by atoms with Gasteiger partial charge in [0, 0.05) is 50.8 Å². The summed E-state index contributed by atoms with van der Waals surface area (Å²) in [6.45, 7) is 6.31. The summed E-state index contributed by atoms with van der Waals surface area (Å²) in [7, 11) is 3.68. The topological polar surface area (TPSA) is 65.1 Å². The van der Waals surface area contributed by atoms with Crippen LogP contribution in [0.2, 0.25) is 5.02 Å². The molecule has 1 atom stereocenters. The van der Waals surface area contributed by atoms with Gasteiger partial charge in [0.2, 0.25) is 5.91 Å². The number of carbonyl (C=O) groups is 2. The van der Waals surface area contributed by atoms with E-state index >= 15 is 0 Å². The number of carbonyl (C=O) groups excluding carboxylic acids is 2. The third-order valence-electron chi connectivity index (χ3n) is 6.70. The highest BCUT2D eigenvalue weighted by molar-refractivity contribution is 6.31. The lowest BCUT2D eigenvalue weighted by molar-refractivity contribution is -0.125. The van der Waals surface area contributed by atoms with Crippen molar-refractivity contribution in [2.45, 2.75) is 32.0 Å². The zero-order chi connectivity index (χ0) is 24.1. The molecule has 34 heavy (non-hydrogen) atoms. The van der Waals surface area contributed by atoms with Crippen LogP contribution in [0, 0.1) is 0 Å². The van der Waals surface area contributed by atoms with Crippen molar-refractivity contribution in [1.29, 1.82) is 0 Å². The van der Waals surface area contributed by atoms with Gasteiger partial charge in [-0.15, -0.1) is 0 Å². The van der Waals surface area contributed by atoms with Crippen LogP contribution in [0.4, 0.5) is 0 Å². The first-order chi connectivity index (χ1) is 16.4. The second-order valence-electron chi connectivity index (χ2n) is 9.11. The van der Waals surface area contributed by atoms with Crippen LogP contribution >= 0.6 is 11.6 Å². The maximum Gasteiger partial charge on any atom is 0.258 e. The molecular formula is C26H33ClN4O3. The summed E-state index contributed by atoms with van der Waals surface area (Å²) >= 11 is 6.10. The smallest absolute Gasteiger partial charge is 0.258 e. The zero-order valence-corrected chi connectivity index (χ0v) is 20.7. The van der Waals surface area contributed by atoms with Crippen molar-refractivity contribution < 1.29 is 14.3 Å². The fourth-order valence-corrected chi connectivity index (χ4v) is 4.79. The van der Waals surface area contributed by atoms with Crippen molar-refractivity contribution in [3.63, 3.8) is 0 Å². The van der Waals surface area contributed by atoms with Crippen LogP contribution in [-0.2, 0) is 17.9 Å². The largest absolute Gasteiger partial charge is 0.496 e. The molecule has 8 heteroatoms. The van der Waals surface area contributed by atoms with Gasteiger partial charge in [0.25, 0.3) is 5.91 Å². The van der Waals surface area contributed by atoms with Gasteiger partial charge in [0.05, 0.1) is 12.7 Å². The third kappa shape index (κ3) is 5.90. The van der Waals surface area contributed by atoms with Gasteiger partial charge in [0.15, 0.2) is 0 Å². The molecule has 0 aromatic heterocycles. The summed E-state index contributed by atoms with van der Waals surface area (Å²) in [5, 5.41) is 3.48. The standard InChI is InChI=1S/C26H33ClN4O3/c1-29-12-14-30(15-13-29)18-20-7-5-19(6-8-20)17-28-25(32)23-4-3-11-31(23)26(33)22-16-21(27)9-10-24(22)34-2/h5-10,16,23H,3-4,11-15,17-18H2,1-2H3,(H,28,32). The average molecular weight is 485 g/mol. The number of rotatable bonds is 7. The van der Waals surface area contributed by atoms with E-state index in [-0.39, 0.29) is 11.8 Å². The number of nitrogens with one attached hydrogen (secondary N) is 1. The maximum atomic E-state index is 13.2. The normalized spacial score (nSPS) is 19.3. The Kier molecular flexibility index (Phi) is 8.08. The Balaban J connectivity index is 1.32. The van der Waals surface area contributed by atoms with Crippen molar-refractivity contribution in [2.75, 3.05) is 46.9 Å². The van der Waals surface area contributed by atoms with Crippen LogP contribution in [0.5, 0.6) is 5.75 Å². The highest BCUT2D eigenvalue weighted by Gasteiger charge is 2.35. The van der Waals surface area contributed by atoms with E-state index in [9.17, 15) is 9.59 Å². The Labute approximate surface area is 206 Å². The molecule has 1 N–H and O–H groups in total. The number of ether oxygens (including phenoxy) is 1. The second-order valence-corrected chi connectivity index (χ2v) is 9.55. The molecule has 0 spiro atoms. The molecule has 182 valence electrons. The van der Waals surface area contributed by atoms with Crippen LogP contribution in [0.3, 0.4) is 0 Å². The Hall–Kier alpha value is -2.61. The molecule has 2 saturated heterocycles. The van der Waals surface area contributed by atoms with Crippen LogP contribution in [0.15, 0.2) is 42.5 Å². The Morgan fingerprint density at radius 2 is 1.74 bits per heavy atom. The fraction of sp³-hybridized carbons (Fsp3) is 0.462. The quantitative estimate of drug-likeness (QED) is 0.654. The van der Waals surface area contributed by atoms with Gasteiger partial charge >= 0.3 is 0 Å². The maximum absolute atomic E-state index is 13.2. The predicted molar refractivity (Wildman–Crippen MR) is 133 cm³/mol. The van der Waals surface area contributed by atoms with Crippen molar-refractivity contribution in [2.24, 2.45) is 0 Å². The van der Waals surface area contributed by atoms with E-state index in [1.165, 1.54) is 12.7 Å². The number of nitrogens with zero attached hydrogens (tertiary/aromatic N) is 3. The highest BCUT2D eigenvalue weighted by Crippen LogP contribution is 2.27. The molecule has 2 aromatic rings. The van der Waals surface area contributed by atoms with Gasteiger partial charge in [-0.25, -0.2) is 0 Å². The number of likely N-dealkylation sites (tertiary alicyclic amines) is 1. The average Bonchev–Trinajstić information content (AvgIpc) is 3.34. The molecule has 2 aromatic carbocycles. The van der Waals surface area contributed by atoms with Crippen LogP contribution in [-0.4, -0.2) is 79.4 Å². The lowest BCUT2D eigenvalue weighted by Crippen LogP contribution is -2.45. The summed E-state index contributed by atoms with van der Waals surface area (Å²) in [6, 6.07) is 12.9. The molecule has 1 unspecified atom stereocenters. The lowest BCUT2D eigenvalue weighted by Gasteiger charge is -2.32. The van der Waals surface area contributed by atoms with E-state index in [1.807, 2.05) is 0 Å². The number of benzene rings is 2. The van der Waals surface area contributed by atoms with Crippen molar-refractivity contribution in [3.05, 3.63) is 64.2 Å².